The lowest BCUT2D eigenvalue weighted by Crippen LogP contribution is -1.96. The van der Waals surface area contributed by atoms with Crippen molar-refractivity contribution in [2.24, 2.45) is 0 Å². The maximum absolute atomic E-state index is 3.52. The summed E-state index contributed by atoms with van der Waals surface area (Å²) in [6.07, 6.45) is 0. The van der Waals surface area contributed by atoms with Gasteiger partial charge in [-0.15, -0.1) is 0 Å². The van der Waals surface area contributed by atoms with Crippen LogP contribution < -0.4 is 0 Å². The van der Waals surface area contributed by atoms with Gasteiger partial charge in [-0.25, -0.2) is 0 Å². The third kappa shape index (κ3) is 2.21. The van der Waals surface area contributed by atoms with Crippen LogP contribution in [0.25, 0.3) is 49.7 Å². The number of aromatic nitrogens is 2. The average molecular weight is 358 g/mol. The van der Waals surface area contributed by atoms with Crippen LogP contribution in [0.1, 0.15) is 0 Å². The lowest BCUT2D eigenvalue weighted by Gasteiger charge is -2.11. The van der Waals surface area contributed by atoms with Gasteiger partial charge in [0.25, 0.3) is 0 Å². The monoisotopic (exact) mass is 358 g/mol. The Morgan fingerprint density at radius 1 is 0.571 bits per heavy atom. The van der Waals surface area contributed by atoms with Crippen LogP contribution in [0.2, 0.25) is 0 Å². The molecule has 2 heteroatoms. The Morgan fingerprint density at radius 3 is 2.25 bits per heavy atom. The molecule has 4 aromatic carbocycles. The van der Waals surface area contributed by atoms with E-state index in [0.29, 0.717) is 0 Å². The van der Waals surface area contributed by atoms with Gasteiger partial charge in [-0.2, -0.15) is 0 Å². The van der Waals surface area contributed by atoms with Crippen LogP contribution in [0.5, 0.6) is 0 Å². The van der Waals surface area contributed by atoms with Crippen molar-refractivity contribution in [3.63, 3.8) is 0 Å². The molecule has 0 bridgehead atoms. The molecule has 0 amide bonds. The van der Waals surface area contributed by atoms with Crippen molar-refractivity contribution in [1.29, 1.82) is 0 Å². The summed E-state index contributed by atoms with van der Waals surface area (Å²) in [5, 5.41) is 3.78. The van der Waals surface area contributed by atoms with E-state index in [1.165, 1.54) is 49.7 Å². The van der Waals surface area contributed by atoms with Crippen molar-refractivity contribution in [2.75, 3.05) is 0 Å². The Labute approximate surface area is 162 Å². The Bertz CT molecular complexity index is 1450. The number of hydrogen-bond donors (Lipinski definition) is 1. The van der Waals surface area contributed by atoms with Crippen LogP contribution in [0, 0.1) is 0 Å². The lowest BCUT2D eigenvalue weighted by atomic mass is 10.1. The highest BCUT2D eigenvalue weighted by atomic mass is 15.0. The van der Waals surface area contributed by atoms with Gasteiger partial charge in [0.15, 0.2) is 0 Å². The molecule has 28 heavy (non-hydrogen) atoms. The number of nitrogens with one attached hydrogen (secondary N) is 1. The molecular weight excluding hydrogens is 340 g/mol. The second kappa shape index (κ2) is 5.86. The Kier molecular flexibility index (Phi) is 3.20. The van der Waals surface area contributed by atoms with E-state index in [1.807, 2.05) is 0 Å². The summed E-state index contributed by atoms with van der Waals surface area (Å²) in [6, 6.07) is 36.7. The molecule has 132 valence electrons. The Hall–Kier alpha value is -3.78. The van der Waals surface area contributed by atoms with Gasteiger partial charge in [0.2, 0.25) is 0 Å². The predicted octanol–water partition coefficient (Wildman–Crippen LogP) is 6.93. The van der Waals surface area contributed by atoms with E-state index < -0.39 is 0 Å². The number of hydrogen-bond acceptors (Lipinski definition) is 0. The smallest absolute Gasteiger partial charge is 0.0541 e. The molecule has 0 aliphatic carbocycles. The van der Waals surface area contributed by atoms with E-state index >= 15 is 0 Å². The molecule has 0 fully saturated rings. The minimum atomic E-state index is 1.17. The number of para-hydroxylation sites is 3. The van der Waals surface area contributed by atoms with Crippen LogP contribution in [-0.2, 0) is 0 Å². The summed E-state index contributed by atoms with van der Waals surface area (Å²) in [7, 11) is 0. The zero-order chi connectivity index (χ0) is 18.5. The first kappa shape index (κ1) is 15.3. The second-order valence-electron chi connectivity index (χ2n) is 7.19. The first-order chi connectivity index (χ1) is 13.9. The van der Waals surface area contributed by atoms with Crippen LogP contribution in [0.4, 0.5) is 0 Å². The van der Waals surface area contributed by atoms with Gasteiger partial charge in [0.05, 0.1) is 11.2 Å². The van der Waals surface area contributed by atoms with Crippen molar-refractivity contribution in [2.45, 2.75) is 0 Å². The van der Waals surface area contributed by atoms with Crippen molar-refractivity contribution in [3.8, 4) is 16.9 Å². The van der Waals surface area contributed by atoms with Crippen molar-refractivity contribution in [3.05, 3.63) is 103 Å². The van der Waals surface area contributed by atoms with Crippen molar-refractivity contribution in [1.82, 2.24) is 9.55 Å². The van der Waals surface area contributed by atoms with E-state index in [4.69, 9.17) is 0 Å². The van der Waals surface area contributed by atoms with E-state index in [1.54, 1.807) is 0 Å². The number of H-pyrrole nitrogens is 1. The van der Waals surface area contributed by atoms with Gasteiger partial charge in [-0.05, 0) is 48.0 Å². The molecule has 2 nitrogen and oxygen atoms in total. The molecule has 0 unspecified atom stereocenters. The fourth-order valence-electron chi connectivity index (χ4n) is 4.23. The zero-order valence-corrected chi connectivity index (χ0v) is 15.3. The summed E-state index contributed by atoms with van der Waals surface area (Å²) >= 11 is 0. The SMILES string of the molecule is c1ccc(-n2c(-c3ccc4[nH]c5ccccc5c4c3)cc3ccccc32)cc1. The van der Waals surface area contributed by atoms with Gasteiger partial charge in [-0.1, -0.05) is 60.7 Å². The highest BCUT2D eigenvalue weighted by Crippen LogP contribution is 2.34. The predicted molar refractivity (Wildman–Crippen MR) is 118 cm³/mol. The van der Waals surface area contributed by atoms with E-state index in [2.05, 4.69) is 113 Å². The summed E-state index contributed by atoms with van der Waals surface area (Å²) in [4.78, 5) is 3.52. The first-order valence-corrected chi connectivity index (χ1v) is 9.55. The molecule has 2 aromatic heterocycles. The van der Waals surface area contributed by atoms with Gasteiger partial charge in [-0.3, -0.25) is 0 Å². The van der Waals surface area contributed by atoms with E-state index in [9.17, 15) is 0 Å². The number of nitrogens with zero attached hydrogens (tertiary/aromatic N) is 1. The quantitative estimate of drug-likeness (QED) is 0.346. The molecule has 0 saturated heterocycles. The van der Waals surface area contributed by atoms with Crippen LogP contribution >= 0.6 is 0 Å². The summed E-state index contributed by atoms with van der Waals surface area (Å²) in [5.41, 5.74) is 7.18. The minimum Gasteiger partial charge on any atom is -0.355 e. The third-order valence-electron chi connectivity index (χ3n) is 5.53. The van der Waals surface area contributed by atoms with Crippen LogP contribution in [0.3, 0.4) is 0 Å². The average Bonchev–Trinajstić information content (AvgIpc) is 3.32. The van der Waals surface area contributed by atoms with Crippen LogP contribution in [0.15, 0.2) is 103 Å². The zero-order valence-electron chi connectivity index (χ0n) is 15.3. The topological polar surface area (TPSA) is 20.7 Å². The first-order valence-electron chi connectivity index (χ1n) is 9.55. The standard InChI is InChI=1S/C26H18N2/c1-2-9-20(10-3-1)28-25-13-7-4-8-18(25)17-26(28)19-14-15-24-22(16-19)21-11-5-6-12-23(21)27-24/h1-17,27H. The van der Waals surface area contributed by atoms with Crippen molar-refractivity contribution >= 4 is 32.7 Å². The van der Waals surface area contributed by atoms with E-state index in [0.717, 1.165) is 0 Å². The lowest BCUT2D eigenvalue weighted by molar-refractivity contribution is 1.14. The normalized spacial score (nSPS) is 11.6. The molecule has 0 atom stereocenters. The number of benzene rings is 4. The number of fused-ring (bicyclic) bond motifs is 4. The van der Waals surface area contributed by atoms with E-state index in [-0.39, 0.29) is 0 Å². The third-order valence-corrected chi connectivity index (χ3v) is 5.53. The molecule has 0 aliphatic heterocycles. The molecule has 0 radical (unpaired) electrons. The molecule has 1 N–H and O–H groups in total. The van der Waals surface area contributed by atoms with Gasteiger partial charge >= 0.3 is 0 Å². The van der Waals surface area contributed by atoms with Gasteiger partial charge in [0.1, 0.15) is 0 Å². The van der Waals surface area contributed by atoms with Gasteiger partial charge in [0, 0.05) is 32.9 Å². The highest BCUT2D eigenvalue weighted by molar-refractivity contribution is 6.08. The molecule has 0 aliphatic rings. The highest BCUT2D eigenvalue weighted by Gasteiger charge is 2.13. The Morgan fingerprint density at radius 2 is 1.32 bits per heavy atom. The molecule has 0 saturated carbocycles. The Balaban J connectivity index is 1.67. The summed E-state index contributed by atoms with van der Waals surface area (Å²) in [5.74, 6) is 0. The fraction of sp³-hybridized carbons (Fsp3) is 0. The summed E-state index contributed by atoms with van der Waals surface area (Å²) in [6.45, 7) is 0. The van der Waals surface area contributed by atoms with Crippen LogP contribution in [-0.4, -0.2) is 9.55 Å². The second-order valence-corrected chi connectivity index (χ2v) is 7.19. The maximum atomic E-state index is 3.52. The molecule has 2 heterocycles. The van der Waals surface area contributed by atoms with Gasteiger partial charge < -0.3 is 9.55 Å². The number of aromatic amines is 1. The molecule has 6 rings (SSSR count). The number of rotatable bonds is 2. The fourth-order valence-corrected chi connectivity index (χ4v) is 4.23. The molecular formula is C26H18N2. The molecule has 6 aromatic rings. The minimum absolute atomic E-state index is 1.17. The summed E-state index contributed by atoms with van der Waals surface area (Å²) < 4.78 is 2.35. The molecule has 0 spiro atoms. The largest absolute Gasteiger partial charge is 0.355 e. The van der Waals surface area contributed by atoms with Crippen molar-refractivity contribution < 1.29 is 0 Å². The maximum Gasteiger partial charge on any atom is 0.0541 e.